The van der Waals surface area contributed by atoms with E-state index in [-0.39, 0.29) is 39.5 Å². The Morgan fingerprint density at radius 1 is 1.09 bits per heavy atom. The first-order valence-electron chi connectivity index (χ1n) is 10.0. The summed E-state index contributed by atoms with van der Waals surface area (Å²) < 4.78 is 43.0. The van der Waals surface area contributed by atoms with Gasteiger partial charge in [0.1, 0.15) is 0 Å². The van der Waals surface area contributed by atoms with Crippen LogP contribution in [0.2, 0.25) is 10.0 Å². The lowest BCUT2D eigenvalue weighted by Crippen LogP contribution is -2.44. The minimum absolute atomic E-state index is 0.0677. The van der Waals surface area contributed by atoms with Crippen molar-refractivity contribution in [3.8, 4) is 0 Å². The van der Waals surface area contributed by atoms with Crippen molar-refractivity contribution in [3.05, 3.63) is 68.7 Å². The van der Waals surface area contributed by atoms with Crippen molar-refractivity contribution in [2.45, 2.75) is 44.3 Å². The van der Waals surface area contributed by atoms with Crippen LogP contribution in [0.4, 0.5) is 13.2 Å². The number of aryl methyl sites for hydroxylation is 1. The molecule has 0 aromatic heterocycles. The number of rotatable bonds is 7. The third-order valence-electron chi connectivity index (χ3n) is 5.79. The van der Waals surface area contributed by atoms with E-state index in [1.807, 2.05) is 0 Å². The van der Waals surface area contributed by atoms with E-state index >= 15 is 0 Å². The minimum Gasteiger partial charge on any atom is -0.348 e. The number of nitrogens with one attached hydrogen (secondary N) is 1. The van der Waals surface area contributed by atoms with Crippen molar-refractivity contribution in [2.24, 2.45) is 0 Å². The van der Waals surface area contributed by atoms with E-state index < -0.39 is 23.8 Å². The third kappa shape index (κ3) is 5.10. The van der Waals surface area contributed by atoms with E-state index in [0.29, 0.717) is 11.1 Å². The number of halogens is 5. The quantitative estimate of drug-likeness (QED) is 0.431. The fourth-order valence-corrected chi connectivity index (χ4v) is 4.94. The Balaban J connectivity index is 1.91. The molecule has 1 unspecified atom stereocenters. The van der Waals surface area contributed by atoms with Crippen LogP contribution in [-0.4, -0.2) is 35.4 Å². The first kappa shape index (κ1) is 24.9. The molecular weight excluding hydrogens is 482 g/mol. The van der Waals surface area contributed by atoms with Crippen molar-refractivity contribution in [2.75, 3.05) is 11.5 Å². The molecular formula is C23H22Cl2F3NO2S. The number of amides is 1. The molecule has 1 atom stereocenters. The lowest BCUT2D eigenvalue weighted by atomic mass is 9.72. The van der Waals surface area contributed by atoms with Crippen molar-refractivity contribution < 1.29 is 22.8 Å². The maximum atomic E-state index is 14.3. The highest BCUT2D eigenvalue weighted by Gasteiger charge is 2.55. The SMILES string of the molecule is CCC(CC(=O)c1ccc(C(=O)NC2CSC2)c(C)c1)(c1cc(Cl)cc(Cl)c1)C(F)(F)F. The molecule has 172 valence electrons. The standard InChI is InChI=1S/C23H22Cl2F3NO2S/c1-3-22(23(26,27)28,15-7-16(24)9-17(25)8-15)10-20(30)14-4-5-19(13(2)6-14)21(31)29-18-11-32-12-18/h4-9,18H,3,10-12H2,1-2H3,(H,29,31). The van der Waals surface area contributed by atoms with Crippen LogP contribution in [0.5, 0.6) is 0 Å². The molecule has 0 radical (unpaired) electrons. The molecule has 0 aliphatic carbocycles. The Morgan fingerprint density at radius 3 is 2.19 bits per heavy atom. The van der Waals surface area contributed by atoms with E-state index in [1.165, 1.54) is 43.3 Å². The van der Waals surface area contributed by atoms with Crippen LogP contribution >= 0.6 is 35.0 Å². The summed E-state index contributed by atoms with van der Waals surface area (Å²) in [6.07, 6.45) is -5.87. The van der Waals surface area contributed by atoms with Crippen LogP contribution in [0, 0.1) is 6.92 Å². The average molecular weight is 504 g/mol. The second-order valence-corrected chi connectivity index (χ2v) is 9.88. The van der Waals surface area contributed by atoms with E-state index in [9.17, 15) is 22.8 Å². The highest BCUT2D eigenvalue weighted by atomic mass is 35.5. The van der Waals surface area contributed by atoms with Crippen LogP contribution in [0.3, 0.4) is 0 Å². The Bertz CT molecular complexity index is 1020. The first-order chi connectivity index (χ1) is 15.0. The molecule has 0 saturated carbocycles. The van der Waals surface area contributed by atoms with Crippen molar-refractivity contribution in [1.82, 2.24) is 5.32 Å². The molecule has 1 heterocycles. The Labute approximate surface area is 199 Å². The van der Waals surface area contributed by atoms with Gasteiger partial charge in [-0.3, -0.25) is 9.59 Å². The van der Waals surface area contributed by atoms with Gasteiger partial charge in [0.15, 0.2) is 5.78 Å². The highest BCUT2D eigenvalue weighted by molar-refractivity contribution is 8.00. The van der Waals surface area contributed by atoms with Gasteiger partial charge < -0.3 is 5.32 Å². The number of carbonyl (C=O) groups excluding carboxylic acids is 2. The first-order valence-corrected chi connectivity index (χ1v) is 11.9. The molecule has 3 nitrogen and oxygen atoms in total. The third-order valence-corrected chi connectivity index (χ3v) is 7.50. The topological polar surface area (TPSA) is 46.2 Å². The normalized spacial score (nSPS) is 16.2. The average Bonchev–Trinajstić information content (AvgIpc) is 2.66. The number of hydrogen-bond donors (Lipinski definition) is 1. The number of thioether (sulfide) groups is 1. The van der Waals surface area contributed by atoms with Crippen LogP contribution < -0.4 is 5.32 Å². The van der Waals surface area contributed by atoms with Crippen molar-refractivity contribution in [1.29, 1.82) is 0 Å². The summed E-state index contributed by atoms with van der Waals surface area (Å²) in [5.41, 5.74) is -1.54. The number of benzene rings is 2. The zero-order valence-electron chi connectivity index (χ0n) is 17.5. The number of Topliss-reactive ketones (excluding diaryl/α,β-unsaturated/α-hetero) is 1. The molecule has 1 aliphatic rings. The molecule has 0 spiro atoms. The van der Waals surface area contributed by atoms with E-state index in [4.69, 9.17) is 23.2 Å². The largest absolute Gasteiger partial charge is 0.398 e. The van der Waals surface area contributed by atoms with Gasteiger partial charge in [-0.25, -0.2) is 0 Å². The zero-order chi connectivity index (χ0) is 23.7. The summed E-state index contributed by atoms with van der Waals surface area (Å²) in [5.74, 6) is 0.779. The monoisotopic (exact) mass is 503 g/mol. The molecule has 32 heavy (non-hydrogen) atoms. The van der Waals surface area contributed by atoms with E-state index in [1.54, 1.807) is 18.7 Å². The van der Waals surface area contributed by atoms with Gasteiger partial charge in [-0.05, 0) is 54.8 Å². The summed E-state index contributed by atoms with van der Waals surface area (Å²) in [6, 6.07) is 8.23. The number of hydrogen-bond acceptors (Lipinski definition) is 3. The molecule has 1 saturated heterocycles. The summed E-state index contributed by atoms with van der Waals surface area (Å²) in [4.78, 5) is 25.4. The number of alkyl halides is 3. The number of ketones is 1. The summed E-state index contributed by atoms with van der Waals surface area (Å²) >= 11 is 13.7. The minimum atomic E-state index is -4.71. The lowest BCUT2D eigenvalue weighted by molar-refractivity contribution is -0.191. The zero-order valence-corrected chi connectivity index (χ0v) is 19.8. The molecule has 1 N–H and O–H groups in total. The molecule has 1 aliphatic heterocycles. The predicted octanol–water partition coefficient (Wildman–Crippen LogP) is 6.63. The fraction of sp³-hybridized carbons (Fsp3) is 0.391. The Morgan fingerprint density at radius 2 is 1.72 bits per heavy atom. The van der Waals surface area contributed by atoms with Gasteiger partial charge in [0.25, 0.3) is 5.91 Å². The fourth-order valence-electron chi connectivity index (χ4n) is 3.78. The van der Waals surface area contributed by atoms with Gasteiger partial charge in [-0.1, -0.05) is 36.2 Å². The van der Waals surface area contributed by atoms with Crippen LogP contribution in [-0.2, 0) is 5.41 Å². The summed E-state index contributed by atoms with van der Waals surface area (Å²) in [5, 5.41) is 3.04. The van der Waals surface area contributed by atoms with Gasteiger partial charge in [0.05, 0.1) is 5.41 Å². The molecule has 2 aromatic carbocycles. The van der Waals surface area contributed by atoms with E-state index in [0.717, 1.165) is 11.5 Å². The highest BCUT2D eigenvalue weighted by Crippen LogP contribution is 2.48. The summed E-state index contributed by atoms with van der Waals surface area (Å²) in [7, 11) is 0. The van der Waals surface area contributed by atoms with E-state index in [2.05, 4.69) is 5.32 Å². The molecule has 0 bridgehead atoms. The second-order valence-electron chi connectivity index (χ2n) is 7.93. The van der Waals surface area contributed by atoms with Gasteiger partial charge in [-0.15, -0.1) is 0 Å². The maximum Gasteiger partial charge on any atom is 0.398 e. The van der Waals surface area contributed by atoms with Crippen LogP contribution in [0.25, 0.3) is 0 Å². The van der Waals surface area contributed by atoms with Gasteiger partial charge in [0.2, 0.25) is 0 Å². The van der Waals surface area contributed by atoms with Crippen molar-refractivity contribution >= 4 is 46.7 Å². The predicted molar refractivity (Wildman–Crippen MR) is 123 cm³/mol. The smallest absolute Gasteiger partial charge is 0.348 e. The van der Waals surface area contributed by atoms with Gasteiger partial charge in [0, 0.05) is 45.1 Å². The maximum absolute atomic E-state index is 14.3. The van der Waals surface area contributed by atoms with Gasteiger partial charge in [-0.2, -0.15) is 24.9 Å². The second kappa shape index (κ2) is 9.65. The summed E-state index contributed by atoms with van der Waals surface area (Å²) in [6.45, 7) is 3.04. The molecule has 9 heteroatoms. The van der Waals surface area contributed by atoms with Crippen LogP contribution in [0.1, 0.15) is 51.6 Å². The van der Waals surface area contributed by atoms with Crippen molar-refractivity contribution in [3.63, 3.8) is 0 Å². The number of carbonyl (C=O) groups is 2. The molecule has 2 aromatic rings. The Hall–Kier alpha value is -1.70. The molecule has 3 rings (SSSR count). The van der Waals surface area contributed by atoms with Gasteiger partial charge >= 0.3 is 6.18 Å². The Kier molecular flexibility index (Phi) is 7.52. The van der Waals surface area contributed by atoms with Crippen LogP contribution in [0.15, 0.2) is 36.4 Å². The molecule has 1 fully saturated rings. The molecule has 1 amide bonds. The lowest BCUT2D eigenvalue weighted by Gasteiger charge is -2.35.